The predicted octanol–water partition coefficient (Wildman–Crippen LogP) is 2.71. The first-order valence-corrected chi connectivity index (χ1v) is 7.97. The summed E-state index contributed by atoms with van der Waals surface area (Å²) in [4.78, 5) is 14.4. The lowest BCUT2D eigenvalue weighted by Gasteiger charge is -2.33. The maximum absolute atomic E-state index is 13.3. The number of likely N-dealkylation sites (tertiary alicyclic amines) is 1. The number of halogens is 2. The molecule has 1 aliphatic heterocycles. The van der Waals surface area contributed by atoms with Crippen LogP contribution in [-0.4, -0.2) is 43.2 Å². The zero-order chi connectivity index (χ0) is 15.9. The first-order valence-electron chi connectivity index (χ1n) is 7.97. The standard InChI is InChI=1S/C17H25FN2O2.ClH/c1-13(14-4-2-5-15(18)12-14)17(21)20-9-6-16(7-10-20)22-11-3-8-19;/h2,4-5,12-13,16H,3,6-11,19H2,1H3;1H. The molecule has 1 heterocycles. The molecule has 6 heteroatoms. The molecule has 4 nitrogen and oxygen atoms in total. The van der Waals surface area contributed by atoms with E-state index in [0.717, 1.165) is 24.8 Å². The molecule has 1 aromatic rings. The Bertz CT molecular complexity index is 493. The van der Waals surface area contributed by atoms with Crippen molar-refractivity contribution in [2.45, 2.75) is 38.2 Å². The molecule has 0 radical (unpaired) electrons. The van der Waals surface area contributed by atoms with Crippen molar-refractivity contribution in [3.05, 3.63) is 35.6 Å². The molecule has 130 valence electrons. The second-order valence-electron chi connectivity index (χ2n) is 5.81. The highest BCUT2D eigenvalue weighted by Crippen LogP contribution is 2.22. The first kappa shape index (κ1) is 19.9. The van der Waals surface area contributed by atoms with E-state index < -0.39 is 0 Å². The molecule has 1 atom stereocenters. The maximum atomic E-state index is 13.3. The summed E-state index contributed by atoms with van der Waals surface area (Å²) in [5, 5.41) is 0. The van der Waals surface area contributed by atoms with Crippen molar-refractivity contribution >= 4 is 18.3 Å². The largest absolute Gasteiger partial charge is 0.378 e. The van der Waals surface area contributed by atoms with E-state index in [1.807, 2.05) is 11.8 Å². The third-order valence-corrected chi connectivity index (χ3v) is 4.17. The van der Waals surface area contributed by atoms with Crippen LogP contribution in [0.1, 0.15) is 37.7 Å². The molecule has 1 unspecified atom stereocenters. The topological polar surface area (TPSA) is 55.6 Å². The van der Waals surface area contributed by atoms with Crippen LogP contribution in [0.3, 0.4) is 0 Å². The summed E-state index contributed by atoms with van der Waals surface area (Å²) in [6.45, 7) is 4.57. The molecule has 0 bridgehead atoms. The molecule has 1 fully saturated rings. The van der Waals surface area contributed by atoms with Crippen LogP contribution in [0.4, 0.5) is 4.39 Å². The Morgan fingerprint density at radius 2 is 2.13 bits per heavy atom. The Morgan fingerprint density at radius 1 is 1.43 bits per heavy atom. The van der Waals surface area contributed by atoms with E-state index in [0.29, 0.717) is 26.2 Å². The molecule has 0 aliphatic carbocycles. The number of nitrogens with zero attached hydrogens (tertiary/aromatic N) is 1. The first-order chi connectivity index (χ1) is 10.6. The van der Waals surface area contributed by atoms with Crippen molar-refractivity contribution in [1.29, 1.82) is 0 Å². The monoisotopic (exact) mass is 344 g/mol. The van der Waals surface area contributed by atoms with Crippen LogP contribution in [0.5, 0.6) is 0 Å². The summed E-state index contributed by atoms with van der Waals surface area (Å²) in [5.41, 5.74) is 6.17. The third kappa shape index (κ3) is 5.75. The van der Waals surface area contributed by atoms with E-state index in [1.54, 1.807) is 12.1 Å². The number of amides is 1. The number of ether oxygens (including phenoxy) is 1. The number of benzene rings is 1. The molecule has 1 saturated heterocycles. The summed E-state index contributed by atoms with van der Waals surface area (Å²) < 4.78 is 19.0. The van der Waals surface area contributed by atoms with Gasteiger partial charge in [-0.2, -0.15) is 0 Å². The molecular formula is C17H26ClFN2O2. The van der Waals surface area contributed by atoms with Gasteiger partial charge in [0, 0.05) is 19.7 Å². The molecule has 1 aromatic carbocycles. The van der Waals surface area contributed by atoms with E-state index >= 15 is 0 Å². The minimum absolute atomic E-state index is 0. The Labute approximate surface area is 143 Å². The maximum Gasteiger partial charge on any atom is 0.229 e. The van der Waals surface area contributed by atoms with Gasteiger partial charge in [-0.3, -0.25) is 4.79 Å². The quantitative estimate of drug-likeness (QED) is 0.807. The number of carbonyl (C=O) groups is 1. The minimum atomic E-state index is -0.314. The van der Waals surface area contributed by atoms with Gasteiger partial charge in [0.25, 0.3) is 0 Å². The average Bonchev–Trinajstić information content (AvgIpc) is 2.54. The van der Waals surface area contributed by atoms with Gasteiger partial charge in [-0.1, -0.05) is 12.1 Å². The summed E-state index contributed by atoms with van der Waals surface area (Å²) in [6.07, 6.45) is 2.80. The molecule has 2 N–H and O–H groups in total. The van der Waals surface area contributed by atoms with Crippen LogP contribution in [0.2, 0.25) is 0 Å². The van der Waals surface area contributed by atoms with Gasteiger partial charge < -0.3 is 15.4 Å². The van der Waals surface area contributed by atoms with E-state index in [1.165, 1.54) is 12.1 Å². The Kier molecular flexibility index (Phi) is 8.52. The van der Waals surface area contributed by atoms with Crippen LogP contribution in [0.25, 0.3) is 0 Å². The van der Waals surface area contributed by atoms with Crippen molar-refractivity contribution in [2.75, 3.05) is 26.2 Å². The van der Waals surface area contributed by atoms with E-state index in [2.05, 4.69) is 0 Å². The second kappa shape index (κ2) is 9.85. The van der Waals surface area contributed by atoms with Gasteiger partial charge in [-0.25, -0.2) is 4.39 Å². The molecule has 23 heavy (non-hydrogen) atoms. The highest BCUT2D eigenvalue weighted by atomic mass is 35.5. The number of carbonyl (C=O) groups excluding carboxylic acids is 1. The van der Waals surface area contributed by atoms with Crippen molar-refractivity contribution in [3.8, 4) is 0 Å². The van der Waals surface area contributed by atoms with Gasteiger partial charge >= 0.3 is 0 Å². The van der Waals surface area contributed by atoms with Crippen molar-refractivity contribution in [1.82, 2.24) is 4.90 Å². The zero-order valence-electron chi connectivity index (χ0n) is 13.5. The molecule has 1 aliphatic rings. The lowest BCUT2D eigenvalue weighted by atomic mass is 9.98. The van der Waals surface area contributed by atoms with Gasteiger partial charge in [0.1, 0.15) is 5.82 Å². The number of hydrogen-bond acceptors (Lipinski definition) is 3. The fraction of sp³-hybridized carbons (Fsp3) is 0.588. The molecule has 2 rings (SSSR count). The van der Waals surface area contributed by atoms with Gasteiger partial charge in [0.15, 0.2) is 0 Å². The molecular weight excluding hydrogens is 319 g/mol. The summed E-state index contributed by atoms with van der Waals surface area (Å²) >= 11 is 0. The highest BCUT2D eigenvalue weighted by molar-refractivity contribution is 5.85. The van der Waals surface area contributed by atoms with E-state index in [9.17, 15) is 9.18 Å². The summed E-state index contributed by atoms with van der Waals surface area (Å²) in [5.74, 6) is -0.555. The fourth-order valence-electron chi connectivity index (χ4n) is 2.77. The predicted molar refractivity (Wildman–Crippen MR) is 91.3 cm³/mol. The van der Waals surface area contributed by atoms with Gasteiger partial charge in [0.2, 0.25) is 5.91 Å². The number of nitrogens with two attached hydrogens (primary N) is 1. The lowest BCUT2D eigenvalue weighted by Crippen LogP contribution is -2.42. The van der Waals surface area contributed by atoms with Crippen LogP contribution < -0.4 is 5.73 Å². The SMILES string of the molecule is CC(C(=O)N1CCC(OCCCN)CC1)c1cccc(F)c1.Cl. The zero-order valence-corrected chi connectivity index (χ0v) is 14.4. The van der Waals surface area contributed by atoms with Crippen molar-refractivity contribution < 1.29 is 13.9 Å². The Hall–Kier alpha value is -1.17. The third-order valence-electron chi connectivity index (χ3n) is 4.17. The molecule has 0 spiro atoms. The number of piperidine rings is 1. The van der Waals surface area contributed by atoms with Crippen molar-refractivity contribution in [3.63, 3.8) is 0 Å². The van der Waals surface area contributed by atoms with Gasteiger partial charge in [0.05, 0.1) is 12.0 Å². The van der Waals surface area contributed by atoms with Crippen LogP contribution in [0.15, 0.2) is 24.3 Å². The van der Waals surface area contributed by atoms with Crippen LogP contribution in [-0.2, 0) is 9.53 Å². The second-order valence-corrected chi connectivity index (χ2v) is 5.81. The minimum Gasteiger partial charge on any atom is -0.378 e. The Morgan fingerprint density at radius 3 is 2.74 bits per heavy atom. The molecule has 0 aromatic heterocycles. The lowest BCUT2D eigenvalue weighted by molar-refractivity contribution is -0.135. The molecule has 1 amide bonds. The Balaban J connectivity index is 0.00000264. The normalized spacial score (nSPS) is 16.7. The number of rotatable bonds is 6. The number of hydrogen-bond donors (Lipinski definition) is 1. The van der Waals surface area contributed by atoms with Crippen molar-refractivity contribution in [2.24, 2.45) is 5.73 Å². The average molecular weight is 345 g/mol. The highest BCUT2D eigenvalue weighted by Gasteiger charge is 2.27. The smallest absolute Gasteiger partial charge is 0.229 e. The summed E-state index contributed by atoms with van der Waals surface area (Å²) in [7, 11) is 0. The van der Waals surface area contributed by atoms with E-state index in [4.69, 9.17) is 10.5 Å². The van der Waals surface area contributed by atoms with E-state index in [-0.39, 0.29) is 36.2 Å². The summed E-state index contributed by atoms with van der Waals surface area (Å²) in [6, 6.07) is 6.27. The van der Waals surface area contributed by atoms with Gasteiger partial charge in [-0.05, 0) is 50.4 Å². The fourth-order valence-corrected chi connectivity index (χ4v) is 2.77. The van der Waals surface area contributed by atoms with Crippen LogP contribution in [0, 0.1) is 5.82 Å². The van der Waals surface area contributed by atoms with Gasteiger partial charge in [-0.15, -0.1) is 12.4 Å². The van der Waals surface area contributed by atoms with Crippen LogP contribution >= 0.6 is 12.4 Å². The molecule has 0 saturated carbocycles.